The number of fused-ring (bicyclic) bond motifs is 1. The molecule has 2 aliphatic rings. The molecule has 11 heteroatoms. The van der Waals surface area contributed by atoms with E-state index >= 15 is 0 Å². The van der Waals surface area contributed by atoms with Gasteiger partial charge < -0.3 is 20.9 Å². The van der Waals surface area contributed by atoms with E-state index in [-0.39, 0.29) is 24.0 Å². The van der Waals surface area contributed by atoms with Crippen LogP contribution in [0.3, 0.4) is 0 Å². The summed E-state index contributed by atoms with van der Waals surface area (Å²) in [7, 11) is 0. The van der Waals surface area contributed by atoms with Crippen LogP contribution in [0, 0.1) is 5.82 Å². The predicted molar refractivity (Wildman–Crippen MR) is 114 cm³/mol. The maximum absolute atomic E-state index is 14.1. The number of aromatic nitrogens is 2. The summed E-state index contributed by atoms with van der Waals surface area (Å²) in [6, 6.07) is 2.46. The van der Waals surface area contributed by atoms with E-state index in [4.69, 9.17) is 0 Å². The van der Waals surface area contributed by atoms with E-state index in [2.05, 4.69) is 25.9 Å². The number of anilines is 1. The molecule has 4 rings (SSSR count). The molecule has 1 aromatic carbocycles. The van der Waals surface area contributed by atoms with E-state index in [1.54, 1.807) is 11.1 Å². The largest absolute Gasteiger partial charge is 0.419 e. The molecule has 1 saturated heterocycles. The topological polar surface area (TPSA) is 82.2 Å². The van der Waals surface area contributed by atoms with Crippen molar-refractivity contribution in [2.45, 2.75) is 51.0 Å². The lowest BCUT2D eigenvalue weighted by Crippen LogP contribution is -2.48. The summed E-state index contributed by atoms with van der Waals surface area (Å²) in [6.07, 6.45) is -2.34. The van der Waals surface area contributed by atoms with Crippen LogP contribution in [0.2, 0.25) is 0 Å². The Morgan fingerprint density at radius 3 is 2.76 bits per heavy atom. The molecular formula is C22H26F4N6O. The summed E-state index contributed by atoms with van der Waals surface area (Å²) in [5.41, 5.74) is 0.893. The average Bonchev–Trinajstić information content (AvgIpc) is 3.19. The van der Waals surface area contributed by atoms with Crippen molar-refractivity contribution in [2.75, 3.05) is 25.0 Å². The number of rotatable bonds is 4. The highest BCUT2D eigenvalue weighted by atomic mass is 19.4. The van der Waals surface area contributed by atoms with Crippen LogP contribution in [0.1, 0.15) is 42.1 Å². The molecule has 33 heavy (non-hydrogen) atoms. The van der Waals surface area contributed by atoms with Gasteiger partial charge in [0, 0.05) is 37.8 Å². The van der Waals surface area contributed by atoms with Crippen LogP contribution < -0.4 is 16.0 Å². The second-order valence-electron chi connectivity index (χ2n) is 8.69. The predicted octanol–water partition coefficient (Wildman–Crippen LogP) is 3.28. The van der Waals surface area contributed by atoms with Crippen molar-refractivity contribution in [3.8, 4) is 0 Å². The fourth-order valence-corrected chi connectivity index (χ4v) is 4.23. The summed E-state index contributed by atoms with van der Waals surface area (Å²) < 4.78 is 52.7. The third-order valence-electron chi connectivity index (χ3n) is 5.90. The number of urea groups is 1. The van der Waals surface area contributed by atoms with Crippen molar-refractivity contribution in [1.82, 2.24) is 25.5 Å². The molecule has 2 aliphatic heterocycles. The maximum atomic E-state index is 14.1. The van der Waals surface area contributed by atoms with Crippen LogP contribution in [-0.2, 0) is 19.1 Å². The zero-order chi connectivity index (χ0) is 23.8. The molecule has 1 aromatic heterocycles. The van der Waals surface area contributed by atoms with Gasteiger partial charge in [-0.1, -0.05) is 6.07 Å². The number of carbonyl (C=O) groups excluding carboxylic acids is 1. The van der Waals surface area contributed by atoms with Crippen molar-refractivity contribution in [3.05, 3.63) is 52.6 Å². The molecule has 2 unspecified atom stereocenters. The molecule has 3 heterocycles. The van der Waals surface area contributed by atoms with E-state index in [9.17, 15) is 22.4 Å². The molecule has 2 atom stereocenters. The molecule has 2 amide bonds. The Morgan fingerprint density at radius 1 is 1.27 bits per heavy atom. The smallest absolute Gasteiger partial charge is 0.352 e. The molecule has 0 radical (unpaired) electrons. The number of benzene rings is 1. The number of alkyl halides is 3. The van der Waals surface area contributed by atoms with Crippen LogP contribution in [-0.4, -0.2) is 52.6 Å². The van der Waals surface area contributed by atoms with Gasteiger partial charge >= 0.3 is 12.2 Å². The van der Waals surface area contributed by atoms with Gasteiger partial charge in [-0.05, 0) is 43.5 Å². The van der Waals surface area contributed by atoms with Gasteiger partial charge in [0.15, 0.2) is 0 Å². The number of carbonyl (C=O) groups is 1. The molecule has 0 spiro atoms. The fourth-order valence-electron chi connectivity index (χ4n) is 4.23. The van der Waals surface area contributed by atoms with Gasteiger partial charge in [-0.3, -0.25) is 0 Å². The van der Waals surface area contributed by atoms with Gasteiger partial charge in [-0.25, -0.2) is 19.2 Å². The third kappa shape index (κ3) is 5.18. The van der Waals surface area contributed by atoms with Crippen molar-refractivity contribution < 1.29 is 22.4 Å². The first-order valence-corrected chi connectivity index (χ1v) is 10.9. The average molecular weight is 466 g/mol. The molecule has 1 fully saturated rings. The van der Waals surface area contributed by atoms with Gasteiger partial charge in [0.2, 0.25) is 5.95 Å². The Hall–Kier alpha value is -2.95. The van der Waals surface area contributed by atoms with Gasteiger partial charge in [0.1, 0.15) is 5.82 Å². The zero-order valence-electron chi connectivity index (χ0n) is 18.3. The van der Waals surface area contributed by atoms with Crippen molar-refractivity contribution in [1.29, 1.82) is 0 Å². The van der Waals surface area contributed by atoms with Crippen molar-refractivity contribution in [2.24, 2.45) is 0 Å². The first-order valence-electron chi connectivity index (χ1n) is 10.9. The van der Waals surface area contributed by atoms with Crippen LogP contribution in [0.25, 0.3) is 0 Å². The minimum atomic E-state index is -4.75. The molecule has 0 aliphatic carbocycles. The van der Waals surface area contributed by atoms with Gasteiger partial charge in [-0.2, -0.15) is 13.2 Å². The lowest BCUT2D eigenvalue weighted by molar-refractivity contribution is -0.140. The van der Waals surface area contributed by atoms with Gasteiger partial charge in [-0.15, -0.1) is 0 Å². The summed E-state index contributed by atoms with van der Waals surface area (Å²) in [5, 5.41) is 9.24. The SMILES string of the molecule is CC(C)Nc1ncc2c(n1)CN(C(=O)NC1CNCC1c1ccc(C(F)(F)F)c(F)c1)CC2. The number of halogens is 4. The van der Waals surface area contributed by atoms with Gasteiger partial charge in [0.25, 0.3) is 0 Å². The highest BCUT2D eigenvalue weighted by Gasteiger charge is 2.36. The number of nitrogens with one attached hydrogen (secondary N) is 3. The Bertz CT molecular complexity index is 1030. The summed E-state index contributed by atoms with van der Waals surface area (Å²) >= 11 is 0. The first kappa shape index (κ1) is 23.2. The lowest BCUT2D eigenvalue weighted by atomic mass is 9.93. The van der Waals surface area contributed by atoms with Gasteiger partial charge in [0.05, 0.1) is 23.8 Å². The summed E-state index contributed by atoms with van der Waals surface area (Å²) in [4.78, 5) is 23.4. The minimum absolute atomic E-state index is 0.174. The number of nitrogens with zero attached hydrogens (tertiary/aromatic N) is 3. The number of hydrogen-bond acceptors (Lipinski definition) is 5. The molecule has 2 aromatic rings. The molecule has 0 saturated carbocycles. The zero-order valence-corrected chi connectivity index (χ0v) is 18.3. The monoisotopic (exact) mass is 466 g/mol. The number of amides is 2. The van der Waals surface area contributed by atoms with E-state index in [0.717, 1.165) is 23.4 Å². The van der Waals surface area contributed by atoms with Crippen LogP contribution in [0.5, 0.6) is 0 Å². The second kappa shape index (κ2) is 9.12. The molecule has 7 nitrogen and oxygen atoms in total. The first-order chi connectivity index (χ1) is 15.6. The summed E-state index contributed by atoms with van der Waals surface area (Å²) in [5.74, 6) is -1.14. The normalized spacial score (nSPS) is 20.6. The van der Waals surface area contributed by atoms with E-state index in [1.165, 1.54) is 6.07 Å². The van der Waals surface area contributed by atoms with E-state index < -0.39 is 17.6 Å². The summed E-state index contributed by atoms with van der Waals surface area (Å²) in [6.45, 7) is 5.66. The highest BCUT2D eigenvalue weighted by Crippen LogP contribution is 2.33. The number of hydrogen-bond donors (Lipinski definition) is 3. The van der Waals surface area contributed by atoms with Crippen molar-refractivity contribution in [3.63, 3.8) is 0 Å². The van der Waals surface area contributed by atoms with Crippen LogP contribution in [0.15, 0.2) is 24.4 Å². The second-order valence-corrected chi connectivity index (χ2v) is 8.69. The molecule has 178 valence electrons. The Morgan fingerprint density at radius 2 is 2.06 bits per heavy atom. The lowest BCUT2D eigenvalue weighted by Gasteiger charge is -2.30. The van der Waals surface area contributed by atoms with Crippen molar-refractivity contribution >= 4 is 12.0 Å². The highest BCUT2D eigenvalue weighted by molar-refractivity contribution is 5.75. The molecular weight excluding hydrogens is 440 g/mol. The Balaban J connectivity index is 1.44. The van der Waals surface area contributed by atoms with Crippen LogP contribution in [0.4, 0.5) is 28.3 Å². The van der Waals surface area contributed by atoms with Crippen LogP contribution >= 0.6 is 0 Å². The van der Waals surface area contributed by atoms with E-state index in [1.807, 2.05) is 13.8 Å². The fraction of sp³-hybridized carbons (Fsp3) is 0.500. The molecule has 0 bridgehead atoms. The maximum Gasteiger partial charge on any atom is 0.419 e. The minimum Gasteiger partial charge on any atom is -0.352 e. The quantitative estimate of drug-likeness (QED) is 0.603. The standard InChI is InChI=1S/C22H26F4N6O/c1-12(2)29-20-28-8-14-5-6-32(11-19(14)30-20)21(33)31-18-10-27-9-15(18)13-3-4-16(17(23)7-13)22(24,25)26/h3-4,7-8,12,15,18,27H,5-6,9-11H2,1-2H3,(H,31,33)(H,28,29,30). The Kier molecular flexibility index (Phi) is 6.42. The third-order valence-corrected chi connectivity index (χ3v) is 5.90. The molecule has 3 N–H and O–H groups in total. The van der Waals surface area contributed by atoms with E-state index in [0.29, 0.717) is 44.1 Å². The Labute approximate surface area is 189 Å².